The number of halogens is 1. The number of nitrogens with zero attached hydrogens (tertiary/aromatic N) is 2. The van der Waals surface area contributed by atoms with Crippen molar-refractivity contribution in [1.29, 1.82) is 0 Å². The lowest BCUT2D eigenvalue weighted by Crippen LogP contribution is -2.01. The molecule has 3 nitrogen and oxygen atoms in total. The Labute approximate surface area is 93.2 Å². The van der Waals surface area contributed by atoms with Gasteiger partial charge in [-0.25, -0.2) is 9.37 Å². The van der Waals surface area contributed by atoms with Crippen LogP contribution in [-0.2, 0) is 13.0 Å². The minimum Gasteiger partial charge on any atom is -0.505 e. The quantitative estimate of drug-likeness (QED) is 0.862. The maximum Gasteiger partial charge on any atom is 0.165 e. The standard InChI is InChI=1S/C12H13FN2O/c1-2-15-6-5-14-12(15)8-9-3-4-11(16)10(13)7-9/h3-7,16H,2,8H2,1H3. The molecular weight excluding hydrogens is 207 g/mol. The van der Waals surface area contributed by atoms with E-state index in [1.54, 1.807) is 12.3 Å². The molecule has 0 aliphatic heterocycles. The molecule has 84 valence electrons. The van der Waals surface area contributed by atoms with Gasteiger partial charge in [-0.1, -0.05) is 6.07 Å². The Kier molecular flexibility index (Phi) is 2.90. The number of aromatic hydroxyl groups is 1. The largest absolute Gasteiger partial charge is 0.505 e. The molecule has 4 heteroatoms. The molecule has 1 aromatic heterocycles. The topological polar surface area (TPSA) is 38.0 Å². The summed E-state index contributed by atoms with van der Waals surface area (Å²) in [6.07, 6.45) is 4.19. The Hall–Kier alpha value is -1.84. The van der Waals surface area contributed by atoms with Crippen molar-refractivity contribution in [2.24, 2.45) is 0 Å². The van der Waals surface area contributed by atoms with Crippen LogP contribution in [0, 0.1) is 5.82 Å². The second-order valence-corrected chi connectivity index (χ2v) is 3.59. The summed E-state index contributed by atoms with van der Waals surface area (Å²) in [7, 11) is 0. The average Bonchev–Trinajstić information content (AvgIpc) is 2.71. The van der Waals surface area contributed by atoms with E-state index in [1.807, 2.05) is 17.7 Å². The zero-order valence-corrected chi connectivity index (χ0v) is 9.02. The summed E-state index contributed by atoms with van der Waals surface area (Å²) in [5, 5.41) is 9.07. The highest BCUT2D eigenvalue weighted by Crippen LogP contribution is 2.18. The zero-order chi connectivity index (χ0) is 11.5. The molecule has 2 rings (SSSR count). The number of phenolic OH excluding ortho intramolecular Hbond substituents is 1. The van der Waals surface area contributed by atoms with Crippen molar-refractivity contribution in [2.75, 3.05) is 0 Å². The van der Waals surface area contributed by atoms with E-state index in [-0.39, 0.29) is 5.75 Å². The Morgan fingerprint density at radius 2 is 2.25 bits per heavy atom. The van der Waals surface area contributed by atoms with E-state index in [0.717, 1.165) is 17.9 Å². The van der Waals surface area contributed by atoms with Gasteiger partial charge in [0.05, 0.1) is 0 Å². The molecule has 0 saturated carbocycles. The molecule has 0 amide bonds. The van der Waals surface area contributed by atoms with E-state index in [2.05, 4.69) is 4.98 Å². The van der Waals surface area contributed by atoms with Crippen LogP contribution in [0.5, 0.6) is 5.75 Å². The van der Waals surface area contributed by atoms with Gasteiger partial charge in [0.25, 0.3) is 0 Å². The van der Waals surface area contributed by atoms with Crippen LogP contribution in [0.4, 0.5) is 4.39 Å². The molecule has 0 atom stereocenters. The first-order valence-corrected chi connectivity index (χ1v) is 5.18. The molecule has 0 radical (unpaired) electrons. The van der Waals surface area contributed by atoms with Gasteiger partial charge in [-0.2, -0.15) is 0 Å². The molecule has 1 N–H and O–H groups in total. The van der Waals surface area contributed by atoms with Crippen molar-refractivity contribution in [1.82, 2.24) is 9.55 Å². The van der Waals surface area contributed by atoms with Crippen molar-refractivity contribution in [3.05, 3.63) is 47.8 Å². The molecule has 0 bridgehead atoms. The number of hydrogen-bond donors (Lipinski definition) is 1. The van der Waals surface area contributed by atoms with Gasteiger partial charge in [0.2, 0.25) is 0 Å². The average molecular weight is 220 g/mol. The van der Waals surface area contributed by atoms with Crippen LogP contribution in [0.3, 0.4) is 0 Å². The van der Waals surface area contributed by atoms with Crippen molar-refractivity contribution < 1.29 is 9.50 Å². The minimum atomic E-state index is -0.591. The Bertz CT molecular complexity index is 494. The van der Waals surface area contributed by atoms with Crippen LogP contribution < -0.4 is 0 Å². The van der Waals surface area contributed by atoms with Gasteiger partial charge in [-0.05, 0) is 24.6 Å². The van der Waals surface area contributed by atoms with Gasteiger partial charge < -0.3 is 9.67 Å². The second-order valence-electron chi connectivity index (χ2n) is 3.59. The van der Waals surface area contributed by atoms with E-state index in [9.17, 15) is 4.39 Å². The number of imidazole rings is 1. The third-order valence-corrected chi connectivity index (χ3v) is 2.52. The SMILES string of the molecule is CCn1ccnc1Cc1ccc(O)c(F)c1. The molecule has 2 aromatic rings. The molecule has 1 aromatic carbocycles. The number of benzene rings is 1. The molecule has 0 aliphatic carbocycles. The van der Waals surface area contributed by atoms with E-state index >= 15 is 0 Å². The summed E-state index contributed by atoms with van der Waals surface area (Å²) < 4.78 is 15.1. The molecule has 0 fully saturated rings. The van der Waals surface area contributed by atoms with E-state index in [0.29, 0.717) is 6.42 Å². The summed E-state index contributed by atoms with van der Waals surface area (Å²) >= 11 is 0. The zero-order valence-electron chi connectivity index (χ0n) is 9.02. The van der Waals surface area contributed by atoms with Crippen molar-refractivity contribution >= 4 is 0 Å². The summed E-state index contributed by atoms with van der Waals surface area (Å²) in [6.45, 7) is 2.87. The number of phenols is 1. The first-order chi connectivity index (χ1) is 7.70. The summed E-state index contributed by atoms with van der Waals surface area (Å²) in [4.78, 5) is 4.21. The Morgan fingerprint density at radius 1 is 1.44 bits per heavy atom. The molecule has 1 heterocycles. The number of aryl methyl sites for hydroxylation is 1. The highest BCUT2D eigenvalue weighted by Gasteiger charge is 2.05. The maximum atomic E-state index is 13.1. The first-order valence-electron chi connectivity index (χ1n) is 5.18. The Morgan fingerprint density at radius 3 is 2.94 bits per heavy atom. The normalized spacial score (nSPS) is 10.6. The van der Waals surface area contributed by atoms with Crippen LogP contribution in [-0.4, -0.2) is 14.7 Å². The second kappa shape index (κ2) is 4.35. The smallest absolute Gasteiger partial charge is 0.165 e. The number of rotatable bonds is 3. The highest BCUT2D eigenvalue weighted by molar-refractivity contribution is 5.29. The van der Waals surface area contributed by atoms with Crippen LogP contribution in [0.1, 0.15) is 18.3 Å². The van der Waals surface area contributed by atoms with Gasteiger partial charge in [0, 0.05) is 25.4 Å². The summed E-state index contributed by atoms with van der Waals surface area (Å²) in [6, 6.07) is 4.40. The molecule has 0 unspecified atom stereocenters. The van der Waals surface area contributed by atoms with E-state index in [4.69, 9.17) is 5.11 Å². The fraction of sp³-hybridized carbons (Fsp3) is 0.250. The molecule has 16 heavy (non-hydrogen) atoms. The van der Waals surface area contributed by atoms with E-state index in [1.165, 1.54) is 12.1 Å². The van der Waals surface area contributed by atoms with E-state index < -0.39 is 5.82 Å². The molecule has 0 saturated heterocycles. The summed E-state index contributed by atoms with van der Waals surface area (Å²) in [5.41, 5.74) is 0.802. The van der Waals surface area contributed by atoms with Crippen LogP contribution in [0.15, 0.2) is 30.6 Å². The van der Waals surface area contributed by atoms with Crippen molar-refractivity contribution in [3.63, 3.8) is 0 Å². The van der Waals surface area contributed by atoms with Crippen LogP contribution >= 0.6 is 0 Å². The molecule has 0 aliphatic rings. The highest BCUT2D eigenvalue weighted by atomic mass is 19.1. The predicted molar refractivity (Wildman–Crippen MR) is 58.8 cm³/mol. The lowest BCUT2D eigenvalue weighted by Gasteiger charge is -2.05. The van der Waals surface area contributed by atoms with Gasteiger partial charge in [-0.15, -0.1) is 0 Å². The third-order valence-electron chi connectivity index (χ3n) is 2.52. The monoisotopic (exact) mass is 220 g/mol. The fourth-order valence-electron chi connectivity index (χ4n) is 1.64. The lowest BCUT2D eigenvalue weighted by molar-refractivity contribution is 0.432. The van der Waals surface area contributed by atoms with Crippen LogP contribution in [0.25, 0.3) is 0 Å². The minimum absolute atomic E-state index is 0.317. The fourth-order valence-corrected chi connectivity index (χ4v) is 1.64. The number of hydrogen-bond acceptors (Lipinski definition) is 2. The number of aromatic nitrogens is 2. The first kappa shape index (κ1) is 10.7. The summed E-state index contributed by atoms with van der Waals surface area (Å²) in [5.74, 6) is -0.0118. The van der Waals surface area contributed by atoms with Gasteiger partial charge in [0.1, 0.15) is 5.82 Å². The van der Waals surface area contributed by atoms with Crippen molar-refractivity contribution in [2.45, 2.75) is 19.9 Å². The molecule has 0 spiro atoms. The molecular formula is C12H13FN2O. The predicted octanol–water partition coefficient (Wildman–Crippen LogP) is 2.34. The Balaban J connectivity index is 2.24. The van der Waals surface area contributed by atoms with Gasteiger partial charge >= 0.3 is 0 Å². The van der Waals surface area contributed by atoms with Gasteiger partial charge in [0.15, 0.2) is 11.6 Å². The van der Waals surface area contributed by atoms with Crippen LogP contribution in [0.2, 0.25) is 0 Å². The van der Waals surface area contributed by atoms with Crippen molar-refractivity contribution in [3.8, 4) is 5.75 Å². The third kappa shape index (κ3) is 2.05. The van der Waals surface area contributed by atoms with Gasteiger partial charge in [-0.3, -0.25) is 0 Å². The maximum absolute atomic E-state index is 13.1. The lowest BCUT2D eigenvalue weighted by atomic mass is 10.1.